The van der Waals surface area contributed by atoms with Crippen LogP contribution >= 0.6 is 0 Å². The number of nitrogens with one attached hydrogen (secondary N) is 1. The molecule has 0 spiro atoms. The van der Waals surface area contributed by atoms with Gasteiger partial charge in [-0.1, -0.05) is 30.3 Å². The highest BCUT2D eigenvalue weighted by Gasteiger charge is 2.27. The fraction of sp³-hybridized carbons (Fsp3) is 0.350. The predicted octanol–water partition coefficient (Wildman–Crippen LogP) is 2.18. The number of nitrogens with zero attached hydrogens (tertiary/aromatic N) is 2. The minimum Gasteiger partial charge on any atom is -0.352 e. The Morgan fingerprint density at radius 1 is 1.08 bits per heavy atom. The van der Waals surface area contributed by atoms with E-state index in [0.29, 0.717) is 25.9 Å². The van der Waals surface area contributed by atoms with Crippen molar-refractivity contribution in [3.8, 4) is 0 Å². The Bertz CT molecular complexity index is 703. The van der Waals surface area contributed by atoms with Crippen molar-refractivity contribution >= 4 is 11.8 Å². The van der Waals surface area contributed by atoms with Gasteiger partial charge in [-0.3, -0.25) is 14.6 Å². The number of hydrogen-bond donors (Lipinski definition) is 1. The molecule has 0 bridgehead atoms. The lowest BCUT2D eigenvalue weighted by molar-refractivity contribution is -0.130. The average molecular weight is 337 g/mol. The molecule has 0 radical (unpaired) electrons. The number of rotatable bonds is 6. The maximum absolute atomic E-state index is 12.4. The standard InChI is InChI=1S/C20H23N3O2/c24-19(22-14-17-6-9-21-10-7-17)12-18-8-11-23(15-18)20(25)13-16-4-2-1-3-5-16/h1-7,9-10,18H,8,11-15H2,(H,22,24). The van der Waals surface area contributed by atoms with Crippen molar-refractivity contribution in [1.82, 2.24) is 15.2 Å². The molecule has 130 valence electrons. The van der Waals surface area contributed by atoms with Crippen molar-refractivity contribution in [2.24, 2.45) is 5.92 Å². The van der Waals surface area contributed by atoms with Crippen LogP contribution in [0.5, 0.6) is 0 Å². The van der Waals surface area contributed by atoms with E-state index in [-0.39, 0.29) is 17.7 Å². The lowest BCUT2D eigenvalue weighted by Gasteiger charge is -2.16. The first kappa shape index (κ1) is 17.1. The van der Waals surface area contributed by atoms with Crippen molar-refractivity contribution in [1.29, 1.82) is 0 Å². The van der Waals surface area contributed by atoms with Crippen LogP contribution in [0.3, 0.4) is 0 Å². The van der Waals surface area contributed by atoms with Gasteiger partial charge in [-0.15, -0.1) is 0 Å². The number of pyridine rings is 1. The van der Waals surface area contributed by atoms with Gasteiger partial charge in [0.05, 0.1) is 6.42 Å². The number of aromatic nitrogens is 1. The minimum atomic E-state index is 0.0409. The molecule has 25 heavy (non-hydrogen) atoms. The number of amides is 2. The van der Waals surface area contributed by atoms with Gasteiger partial charge in [-0.05, 0) is 35.6 Å². The van der Waals surface area contributed by atoms with E-state index in [1.807, 2.05) is 47.4 Å². The van der Waals surface area contributed by atoms with Gasteiger partial charge in [0.25, 0.3) is 0 Å². The Hall–Kier alpha value is -2.69. The number of hydrogen-bond acceptors (Lipinski definition) is 3. The Balaban J connectivity index is 1.41. The summed E-state index contributed by atoms with van der Waals surface area (Å²) >= 11 is 0. The zero-order valence-corrected chi connectivity index (χ0v) is 14.2. The van der Waals surface area contributed by atoms with E-state index in [1.54, 1.807) is 12.4 Å². The number of carbonyl (C=O) groups is 2. The molecule has 1 aromatic heterocycles. The summed E-state index contributed by atoms with van der Waals surface area (Å²) in [5, 5.41) is 2.94. The van der Waals surface area contributed by atoms with Crippen LogP contribution in [-0.4, -0.2) is 34.8 Å². The third-order valence-corrected chi connectivity index (χ3v) is 4.55. The molecule has 1 saturated heterocycles. The first-order valence-corrected chi connectivity index (χ1v) is 8.68. The molecule has 5 nitrogen and oxygen atoms in total. The summed E-state index contributed by atoms with van der Waals surface area (Å²) in [4.78, 5) is 30.3. The van der Waals surface area contributed by atoms with Gasteiger partial charge in [0.15, 0.2) is 0 Å². The minimum absolute atomic E-state index is 0.0409. The molecule has 3 rings (SSSR count). The summed E-state index contributed by atoms with van der Waals surface area (Å²) in [5.74, 6) is 0.433. The molecule has 2 heterocycles. The normalized spacial score (nSPS) is 16.6. The van der Waals surface area contributed by atoms with Crippen LogP contribution < -0.4 is 5.32 Å². The fourth-order valence-electron chi connectivity index (χ4n) is 3.14. The van der Waals surface area contributed by atoms with Crippen molar-refractivity contribution in [2.45, 2.75) is 25.8 Å². The zero-order chi connectivity index (χ0) is 17.5. The molecule has 1 aliphatic heterocycles. The highest BCUT2D eigenvalue weighted by Crippen LogP contribution is 2.20. The van der Waals surface area contributed by atoms with E-state index in [4.69, 9.17) is 0 Å². The first-order valence-electron chi connectivity index (χ1n) is 8.68. The molecular weight excluding hydrogens is 314 g/mol. The predicted molar refractivity (Wildman–Crippen MR) is 95.5 cm³/mol. The van der Waals surface area contributed by atoms with E-state index < -0.39 is 0 Å². The highest BCUT2D eigenvalue weighted by molar-refractivity contribution is 5.79. The number of benzene rings is 1. The second-order valence-corrected chi connectivity index (χ2v) is 6.49. The van der Waals surface area contributed by atoms with Gasteiger partial charge in [0.1, 0.15) is 0 Å². The second kappa shape index (κ2) is 8.42. The summed E-state index contributed by atoms with van der Waals surface area (Å²) in [6.45, 7) is 1.94. The largest absolute Gasteiger partial charge is 0.352 e. The van der Waals surface area contributed by atoms with E-state index in [2.05, 4.69) is 10.3 Å². The molecule has 0 aliphatic carbocycles. The van der Waals surface area contributed by atoms with Gasteiger partial charge in [0.2, 0.25) is 11.8 Å². The first-order chi connectivity index (χ1) is 12.2. The number of carbonyl (C=O) groups excluding carboxylic acids is 2. The Morgan fingerprint density at radius 2 is 1.84 bits per heavy atom. The molecule has 1 unspecified atom stereocenters. The third-order valence-electron chi connectivity index (χ3n) is 4.55. The van der Waals surface area contributed by atoms with Crippen LogP contribution in [0.25, 0.3) is 0 Å². The van der Waals surface area contributed by atoms with E-state index in [1.165, 1.54) is 0 Å². The Kier molecular flexibility index (Phi) is 5.77. The molecule has 1 atom stereocenters. The van der Waals surface area contributed by atoms with Gasteiger partial charge < -0.3 is 10.2 Å². The third kappa shape index (κ3) is 5.14. The van der Waals surface area contributed by atoms with Crippen molar-refractivity contribution in [2.75, 3.05) is 13.1 Å². The second-order valence-electron chi connectivity index (χ2n) is 6.49. The van der Waals surface area contributed by atoms with Crippen molar-refractivity contribution < 1.29 is 9.59 Å². The molecule has 1 aromatic carbocycles. The van der Waals surface area contributed by atoms with Gasteiger partial charge >= 0.3 is 0 Å². The summed E-state index contributed by atoms with van der Waals surface area (Å²) < 4.78 is 0. The molecule has 5 heteroatoms. The lowest BCUT2D eigenvalue weighted by atomic mass is 10.0. The molecule has 0 saturated carbocycles. The smallest absolute Gasteiger partial charge is 0.226 e. The summed E-state index contributed by atoms with van der Waals surface area (Å²) in [7, 11) is 0. The SMILES string of the molecule is O=C(CC1CCN(C(=O)Cc2ccccc2)C1)NCc1ccncc1. The quantitative estimate of drug-likeness (QED) is 0.879. The number of likely N-dealkylation sites (tertiary alicyclic amines) is 1. The van der Waals surface area contributed by atoms with Crippen LogP contribution in [-0.2, 0) is 22.6 Å². The van der Waals surface area contributed by atoms with Gasteiger partial charge in [-0.25, -0.2) is 0 Å². The molecule has 1 fully saturated rings. The van der Waals surface area contributed by atoms with Crippen molar-refractivity contribution in [3.63, 3.8) is 0 Å². The summed E-state index contributed by atoms with van der Waals surface area (Å²) in [6.07, 6.45) is 5.23. The van der Waals surface area contributed by atoms with Crippen LogP contribution in [0, 0.1) is 5.92 Å². The maximum atomic E-state index is 12.4. The van der Waals surface area contributed by atoms with Crippen LogP contribution in [0.4, 0.5) is 0 Å². The Labute approximate surface area is 148 Å². The monoisotopic (exact) mass is 337 g/mol. The molecular formula is C20H23N3O2. The summed E-state index contributed by atoms with van der Waals surface area (Å²) in [5.41, 5.74) is 2.07. The van der Waals surface area contributed by atoms with Crippen LogP contribution in [0.15, 0.2) is 54.9 Å². The van der Waals surface area contributed by atoms with E-state index in [0.717, 1.165) is 24.1 Å². The maximum Gasteiger partial charge on any atom is 0.226 e. The Morgan fingerprint density at radius 3 is 2.60 bits per heavy atom. The van der Waals surface area contributed by atoms with E-state index >= 15 is 0 Å². The topological polar surface area (TPSA) is 62.3 Å². The molecule has 1 N–H and O–H groups in total. The molecule has 1 aliphatic rings. The highest BCUT2D eigenvalue weighted by atomic mass is 16.2. The van der Waals surface area contributed by atoms with Gasteiger partial charge in [-0.2, -0.15) is 0 Å². The molecule has 2 aromatic rings. The van der Waals surface area contributed by atoms with Crippen molar-refractivity contribution in [3.05, 3.63) is 66.0 Å². The lowest BCUT2D eigenvalue weighted by Crippen LogP contribution is -2.31. The zero-order valence-electron chi connectivity index (χ0n) is 14.2. The van der Waals surface area contributed by atoms with Crippen LogP contribution in [0.1, 0.15) is 24.0 Å². The molecule has 2 amide bonds. The fourth-order valence-corrected chi connectivity index (χ4v) is 3.14. The van der Waals surface area contributed by atoms with Gasteiger partial charge in [0, 0.05) is 38.4 Å². The van der Waals surface area contributed by atoms with Crippen LogP contribution in [0.2, 0.25) is 0 Å². The summed E-state index contributed by atoms with van der Waals surface area (Å²) in [6, 6.07) is 13.6. The van der Waals surface area contributed by atoms with E-state index in [9.17, 15) is 9.59 Å². The average Bonchev–Trinajstić information content (AvgIpc) is 3.10.